The lowest BCUT2D eigenvalue weighted by atomic mass is 9.98. The van der Waals surface area contributed by atoms with Gasteiger partial charge in [-0.05, 0) is 118 Å². The summed E-state index contributed by atoms with van der Waals surface area (Å²) in [5.74, 6) is -0.350. The van der Waals surface area contributed by atoms with Crippen molar-refractivity contribution < 1.29 is 19.1 Å². The molecule has 15 heteroatoms. The third-order valence-corrected chi connectivity index (χ3v) is 13.3. The number of aromatic amines is 1. The average Bonchev–Trinajstić information content (AvgIpc) is 3.69. The van der Waals surface area contributed by atoms with Crippen molar-refractivity contribution in [1.82, 2.24) is 41.0 Å². The summed E-state index contributed by atoms with van der Waals surface area (Å²) in [6, 6.07) is 21.0. The Kier molecular flexibility index (Phi) is 15.0. The second-order valence-electron chi connectivity index (χ2n) is 15.8. The fourth-order valence-corrected chi connectivity index (χ4v) is 9.54. The monoisotopic (exact) mass is 865 g/mol. The molecular formula is C46H56ClN9O4S. The first-order valence-corrected chi connectivity index (χ1v) is 22.2. The van der Waals surface area contributed by atoms with Crippen LogP contribution in [0.4, 0.5) is 0 Å². The van der Waals surface area contributed by atoms with Crippen LogP contribution >= 0.6 is 23.4 Å². The Morgan fingerprint density at radius 2 is 1.75 bits per heavy atom. The van der Waals surface area contributed by atoms with E-state index in [0.29, 0.717) is 24.5 Å². The molecule has 5 aromatic rings. The molecule has 0 spiro atoms. The molecule has 0 saturated carbocycles. The number of carbonyl (C=O) groups excluding carboxylic acids is 3. The number of nitrogens with one attached hydrogen (secondary N) is 5. The highest BCUT2D eigenvalue weighted by Gasteiger charge is 2.35. The molecule has 0 aliphatic carbocycles. The van der Waals surface area contributed by atoms with E-state index in [4.69, 9.17) is 27.1 Å². The van der Waals surface area contributed by atoms with E-state index < -0.39 is 24.0 Å². The van der Waals surface area contributed by atoms with Crippen molar-refractivity contribution in [3.63, 3.8) is 0 Å². The van der Waals surface area contributed by atoms with Gasteiger partial charge >= 0.3 is 0 Å². The fourth-order valence-electron chi connectivity index (χ4n) is 8.21. The third kappa shape index (κ3) is 10.6. The van der Waals surface area contributed by atoms with Crippen molar-refractivity contribution in [2.75, 3.05) is 47.3 Å². The van der Waals surface area contributed by atoms with Crippen molar-refractivity contribution in [2.24, 2.45) is 5.73 Å². The SMILES string of the molecule is CNCCC[C@H]1C(=O)N[C@@H](CN)C(=O)N(C)[C@@H](Cc2c[nH]c3ccccc23)C(=O)NCc2c(-c3ccc(OC4CCNCC4)cc3)ccc(Cl)c2Sc2ncccc2CN1C. The second-order valence-corrected chi connectivity index (χ2v) is 17.2. The van der Waals surface area contributed by atoms with E-state index >= 15 is 0 Å². The van der Waals surface area contributed by atoms with Gasteiger partial charge in [-0.25, -0.2) is 4.98 Å². The highest BCUT2D eigenvalue weighted by molar-refractivity contribution is 7.99. The summed E-state index contributed by atoms with van der Waals surface area (Å²) in [7, 11) is 5.38. The van der Waals surface area contributed by atoms with Crippen LogP contribution in [0.1, 0.15) is 42.4 Å². The number of hydrogen-bond acceptors (Lipinski definition) is 10. The molecule has 7 rings (SSSR count). The summed E-state index contributed by atoms with van der Waals surface area (Å²) >= 11 is 8.56. The zero-order valence-electron chi connectivity index (χ0n) is 35.0. The van der Waals surface area contributed by atoms with Gasteiger partial charge < -0.3 is 41.6 Å². The van der Waals surface area contributed by atoms with Gasteiger partial charge in [-0.1, -0.05) is 65.8 Å². The Hall–Kier alpha value is -4.96. The van der Waals surface area contributed by atoms with Crippen LogP contribution in [0.2, 0.25) is 5.02 Å². The molecule has 3 aromatic carbocycles. The molecule has 0 radical (unpaired) electrons. The van der Waals surface area contributed by atoms with Crippen LogP contribution < -0.4 is 31.7 Å². The normalized spacial score (nSPS) is 20.1. The maximum Gasteiger partial charge on any atom is 0.246 e. The van der Waals surface area contributed by atoms with Crippen molar-refractivity contribution in [3.8, 4) is 16.9 Å². The maximum absolute atomic E-state index is 14.7. The number of ether oxygens (including phenoxy) is 1. The van der Waals surface area contributed by atoms with Gasteiger partial charge in [0.2, 0.25) is 17.7 Å². The van der Waals surface area contributed by atoms with E-state index in [-0.39, 0.29) is 37.4 Å². The number of hydrogen-bond donors (Lipinski definition) is 6. The first-order valence-electron chi connectivity index (χ1n) is 21.0. The maximum atomic E-state index is 14.7. The number of para-hydroxylation sites is 1. The summed E-state index contributed by atoms with van der Waals surface area (Å²) in [4.78, 5) is 55.7. The van der Waals surface area contributed by atoms with Gasteiger partial charge in [0.15, 0.2) is 0 Å². The number of nitrogens with two attached hydrogens (primary N) is 1. The van der Waals surface area contributed by atoms with Crippen LogP contribution in [0.25, 0.3) is 22.0 Å². The second kappa shape index (κ2) is 20.7. The van der Waals surface area contributed by atoms with E-state index in [1.54, 1.807) is 13.2 Å². The first kappa shape index (κ1) is 44.1. The third-order valence-electron chi connectivity index (χ3n) is 11.7. The lowest BCUT2D eigenvalue weighted by Crippen LogP contribution is -2.59. The van der Waals surface area contributed by atoms with Gasteiger partial charge in [0.05, 0.1) is 11.1 Å². The number of fused-ring (bicyclic) bond motifs is 3. The van der Waals surface area contributed by atoms with Crippen LogP contribution in [-0.4, -0.2) is 109 Å². The predicted molar refractivity (Wildman–Crippen MR) is 242 cm³/mol. The summed E-state index contributed by atoms with van der Waals surface area (Å²) < 4.78 is 6.33. The number of carbonyl (C=O) groups is 3. The number of halogens is 1. The van der Waals surface area contributed by atoms with Crippen molar-refractivity contribution in [3.05, 3.63) is 107 Å². The molecule has 7 N–H and O–H groups in total. The standard InChI is InChI=1S/C46H56ClN9O4S/c1-49-20-7-11-40-44(58)54-39(25-48)46(59)56(3)41(24-31-26-52-38-10-5-4-9-35(31)38)43(57)53-27-36-34(29-12-14-32(15-13-29)60-33-18-22-50-23-19-33)16-17-37(47)42(36)61-45-30(28-55(40)2)8-6-21-51-45/h4-6,8-10,12-17,21,26,33,39-41,49-50,52H,7,11,18-20,22-25,27-28,48H2,1-3H3,(H,53,57)(H,54,58)/t39-,40-,41-/m0/s1. The van der Waals surface area contributed by atoms with Crippen LogP contribution in [0.15, 0.2) is 95.1 Å². The Balaban J connectivity index is 1.31. The number of amides is 3. The fraction of sp³-hybridized carbons (Fsp3) is 0.391. The van der Waals surface area contributed by atoms with Crippen LogP contribution in [0, 0.1) is 0 Å². The van der Waals surface area contributed by atoms with E-state index in [1.807, 2.05) is 98.0 Å². The first-order chi connectivity index (χ1) is 29.6. The zero-order valence-corrected chi connectivity index (χ0v) is 36.6. The lowest BCUT2D eigenvalue weighted by Gasteiger charge is -2.32. The molecule has 1 fully saturated rings. The molecule has 322 valence electrons. The minimum absolute atomic E-state index is 0.101. The molecule has 3 amide bonds. The number of benzene rings is 3. The largest absolute Gasteiger partial charge is 0.490 e. The van der Waals surface area contributed by atoms with E-state index in [0.717, 1.165) is 86.7 Å². The van der Waals surface area contributed by atoms with Crippen molar-refractivity contribution >= 4 is 52.0 Å². The lowest BCUT2D eigenvalue weighted by molar-refractivity contribution is -0.142. The Labute approximate surface area is 366 Å². The van der Waals surface area contributed by atoms with Gasteiger partial charge in [-0.15, -0.1) is 0 Å². The minimum Gasteiger partial charge on any atom is -0.490 e. The van der Waals surface area contributed by atoms with Gasteiger partial charge in [0.25, 0.3) is 0 Å². The smallest absolute Gasteiger partial charge is 0.246 e. The number of likely N-dealkylation sites (N-methyl/N-ethyl adjacent to an activating group) is 2. The molecule has 61 heavy (non-hydrogen) atoms. The quantitative estimate of drug-likeness (QED) is 0.104. The Bertz CT molecular complexity index is 2300. The zero-order chi connectivity index (χ0) is 42.9. The van der Waals surface area contributed by atoms with Gasteiger partial charge in [0.1, 0.15) is 29.0 Å². The Morgan fingerprint density at radius 1 is 0.967 bits per heavy atom. The summed E-state index contributed by atoms with van der Waals surface area (Å²) in [6.45, 7) is 2.92. The van der Waals surface area contributed by atoms with Gasteiger partial charge in [-0.2, -0.15) is 0 Å². The molecule has 2 aromatic heterocycles. The predicted octanol–water partition coefficient (Wildman–Crippen LogP) is 5.11. The molecule has 2 aliphatic heterocycles. The molecule has 3 atom stereocenters. The summed E-state index contributed by atoms with van der Waals surface area (Å²) in [5, 5.41) is 14.9. The topological polar surface area (TPSA) is 170 Å². The highest BCUT2D eigenvalue weighted by Crippen LogP contribution is 2.42. The number of pyridine rings is 1. The number of aromatic nitrogens is 2. The summed E-state index contributed by atoms with van der Waals surface area (Å²) in [5.41, 5.74) is 11.5. The number of nitrogens with zero attached hydrogens (tertiary/aromatic N) is 3. The van der Waals surface area contributed by atoms with Crippen molar-refractivity contribution in [2.45, 2.75) is 79.3 Å². The van der Waals surface area contributed by atoms with Gasteiger partial charge in [-0.3, -0.25) is 19.3 Å². The molecule has 0 unspecified atom stereocenters. The van der Waals surface area contributed by atoms with E-state index in [9.17, 15) is 14.4 Å². The molecule has 13 nitrogen and oxygen atoms in total. The minimum atomic E-state index is -1.07. The van der Waals surface area contributed by atoms with Crippen LogP contribution in [0.5, 0.6) is 5.75 Å². The van der Waals surface area contributed by atoms with Crippen molar-refractivity contribution in [1.29, 1.82) is 0 Å². The summed E-state index contributed by atoms with van der Waals surface area (Å²) in [6.07, 6.45) is 7.14. The van der Waals surface area contributed by atoms with E-state index in [2.05, 4.69) is 26.3 Å². The number of rotatable bonds is 10. The number of piperidine rings is 1. The average molecular weight is 867 g/mol. The molecule has 0 bridgehead atoms. The highest BCUT2D eigenvalue weighted by atomic mass is 35.5. The number of H-pyrrole nitrogens is 1. The molecular weight excluding hydrogens is 810 g/mol. The molecule has 4 heterocycles. The molecule has 2 aliphatic rings. The van der Waals surface area contributed by atoms with Crippen LogP contribution in [0.3, 0.4) is 0 Å². The van der Waals surface area contributed by atoms with Crippen LogP contribution in [-0.2, 0) is 33.9 Å². The molecule has 1 saturated heterocycles. The Morgan fingerprint density at radius 3 is 2.52 bits per heavy atom. The van der Waals surface area contributed by atoms with E-state index in [1.165, 1.54) is 16.7 Å². The van der Waals surface area contributed by atoms with Gasteiger partial charge in [0, 0.05) is 61.3 Å².